The van der Waals surface area contributed by atoms with Crippen LogP contribution in [0.4, 0.5) is 0 Å². The third-order valence-corrected chi connectivity index (χ3v) is 9.50. The van der Waals surface area contributed by atoms with Crippen molar-refractivity contribution in [1.29, 1.82) is 0 Å². The molecule has 3 nitrogen and oxygen atoms in total. The average Bonchev–Trinajstić information content (AvgIpc) is 3.03. The number of carboxylic acid groups (broad SMARTS) is 1. The van der Waals surface area contributed by atoms with E-state index in [2.05, 4.69) is 39.0 Å². The highest BCUT2D eigenvalue weighted by atomic mass is 16.4. The van der Waals surface area contributed by atoms with Crippen molar-refractivity contribution >= 4 is 11.8 Å². The van der Waals surface area contributed by atoms with E-state index >= 15 is 0 Å². The molecule has 0 aromatic heterocycles. The molecule has 0 radical (unpaired) electrons. The summed E-state index contributed by atoms with van der Waals surface area (Å²) in [6.45, 7) is 9.26. The van der Waals surface area contributed by atoms with E-state index in [4.69, 9.17) is 5.11 Å². The van der Waals surface area contributed by atoms with Crippen molar-refractivity contribution < 1.29 is 14.7 Å². The SMILES string of the molecule is C[C@H](/C=C/[C@@H](C)[C@H]1CC[C@H]2[C@@H]3CCC4=CC(=O)C=C[C@]4(C)[C@H]3CC[C@]12C)CC(=O)O. The minimum atomic E-state index is -0.719. The zero-order valence-electron chi connectivity index (χ0n) is 19.1. The van der Waals surface area contributed by atoms with Gasteiger partial charge in [0.2, 0.25) is 0 Å². The summed E-state index contributed by atoms with van der Waals surface area (Å²) in [6, 6.07) is 0. The molecule has 3 fully saturated rings. The summed E-state index contributed by atoms with van der Waals surface area (Å²) in [5, 5.41) is 9.02. The lowest BCUT2D eigenvalue weighted by Crippen LogP contribution is -2.50. The molecule has 0 bridgehead atoms. The Bertz CT molecular complexity index is 805. The molecule has 4 aliphatic carbocycles. The van der Waals surface area contributed by atoms with Gasteiger partial charge < -0.3 is 5.11 Å². The monoisotopic (exact) mass is 410 g/mol. The summed E-state index contributed by atoms with van der Waals surface area (Å²) in [6.07, 6.45) is 18.1. The molecule has 3 heteroatoms. The van der Waals surface area contributed by atoms with Crippen molar-refractivity contribution in [3.63, 3.8) is 0 Å². The number of fused-ring (bicyclic) bond motifs is 5. The van der Waals surface area contributed by atoms with Crippen LogP contribution in [-0.4, -0.2) is 16.9 Å². The van der Waals surface area contributed by atoms with Crippen molar-refractivity contribution in [3.05, 3.63) is 36.0 Å². The fourth-order valence-electron chi connectivity index (χ4n) is 7.94. The van der Waals surface area contributed by atoms with E-state index in [-0.39, 0.29) is 23.5 Å². The van der Waals surface area contributed by atoms with Gasteiger partial charge in [-0.25, -0.2) is 0 Å². The van der Waals surface area contributed by atoms with Crippen LogP contribution in [0.15, 0.2) is 36.0 Å². The van der Waals surface area contributed by atoms with Gasteiger partial charge in [0.05, 0.1) is 6.42 Å². The number of carbonyl (C=O) groups is 2. The lowest BCUT2D eigenvalue weighted by atomic mass is 9.47. The van der Waals surface area contributed by atoms with Gasteiger partial charge in [-0.1, -0.05) is 51.5 Å². The van der Waals surface area contributed by atoms with Gasteiger partial charge in [0.15, 0.2) is 5.78 Å². The number of ketones is 1. The van der Waals surface area contributed by atoms with Crippen molar-refractivity contribution in [3.8, 4) is 0 Å². The van der Waals surface area contributed by atoms with Crippen LogP contribution in [0.5, 0.6) is 0 Å². The summed E-state index contributed by atoms with van der Waals surface area (Å²) >= 11 is 0. The van der Waals surface area contributed by atoms with Crippen molar-refractivity contribution in [2.75, 3.05) is 0 Å². The number of rotatable bonds is 5. The Morgan fingerprint density at radius 3 is 2.67 bits per heavy atom. The van der Waals surface area contributed by atoms with Crippen LogP contribution in [0.25, 0.3) is 0 Å². The molecule has 0 aromatic carbocycles. The van der Waals surface area contributed by atoms with E-state index in [1.165, 1.54) is 37.7 Å². The normalized spacial score (nSPS) is 42.3. The maximum absolute atomic E-state index is 11.9. The smallest absolute Gasteiger partial charge is 0.303 e. The first-order valence-electron chi connectivity index (χ1n) is 12.0. The minimum Gasteiger partial charge on any atom is -0.481 e. The first-order valence-corrected chi connectivity index (χ1v) is 12.0. The van der Waals surface area contributed by atoms with E-state index < -0.39 is 5.97 Å². The molecular formula is C27H38O3. The highest BCUT2D eigenvalue weighted by Crippen LogP contribution is 2.66. The fourth-order valence-corrected chi connectivity index (χ4v) is 7.94. The molecule has 4 aliphatic rings. The van der Waals surface area contributed by atoms with E-state index in [0.717, 1.165) is 18.3 Å². The predicted octanol–water partition coefficient (Wildman–Crippen LogP) is 6.21. The number of hydrogen-bond acceptors (Lipinski definition) is 2. The zero-order valence-corrected chi connectivity index (χ0v) is 19.1. The molecule has 1 N–H and O–H groups in total. The van der Waals surface area contributed by atoms with Gasteiger partial charge in [-0.05, 0) is 91.6 Å². The van der Waals surface area contributed by atoms with Crippen LogP contribution < -0.4 is 0 Å². The quantitative estimate of drug-likeness (QED) is 0.548. The molecule has 8 atom stereocenters. The van der Waals surface area contributed by atoms with Gasteiger partial charge in [0.1, 0.15) is 0 Å². The van der Waals surface area contributed by atoms with Gasteiger partial charge in [-0.2, -0.15) is 0 Å². The van der Waals surface area contributed by atoms with E-state index in [1.807, 2.05) is 19.1 Å². The Morgan fingerprint density at radius 1 is 1.17 bits per heavy atom. The predicted molar refractivity (Wildman–Crippen MR) is 120 cm³/mol. The van der Waals surface area contributed by atoms with Gasteiger partial charge >= 0.3 is 5.97 Å². The Balaban J connectivity index is 1.51. The van der Waals surface area contributed by atoms with Crippen LogP contribution in [0, 0.1) is 46.3 Å². The van der Waals surface area contributed by atoms with Crippen molar-refractivity contribution in [1.82, 2.24) is 0 Å². The molecule has 0 heterocycles. The Morgan fingerprint density at radius 2 is 1.93 bits per heavy atom. The van der Waals surface area contributed by atoms with Crippen LogP contribution in [0.3, 0.4) is 0 Å². The molecule has 0 amide bonds. The Kier molecular flexibility index (Phi) is 5.61. The summed E-state index contributed by atoms with van der Waals surface area (Å²) < 4.78 is 0. The van der Waals surface area contributed by atoms with Gasteiger partial charge in [0.25, 0.3) is 0 Å². The first kappa shape index (κ1) is 21.6. The first-order chi connectivity index (χ1) is 14.1. The van der Waals surface area contributed by atoms with Crippen LogP contribution >= 0.6 is 0 Å². The molecule has 0 saturated heterocycles. The molecular weight excluding hydrogens is 372 g/mol. The minimum absolute atomic E-state index is 0.0774. The van der Waals surface area contributed by atoms with E-state index in [9.17, 15) is 9.59 Å². The number of hydrogen-bond donors (Lipinski definition) is 1. The number of aliphatic carboxylic acids is 1. The molecule has 30 heavy (non-hydrogen) atoms. The zero-order chi connectivity index (χ0) is 21.7. The van der Waals surface area contributed by atoms with Crippen molar-refractivity contribution in [2.24, 2.45) is 46.3 Å². The molecule has 3 saturated carbocycles. The lowest BCUT2D eigenvalue weighted by Gasteiger charge is -2.57. The standard InChI is InChI=1S/C27H38O3/c1-17(15-25(29)30)5-6-18(2)22-9-10-23-21-8-7-19-16-20(28)11-13-26(19,3)24(21)12-14-27(22,23)4/h5-6,11,13,16-18,21-24H,7-10,12,14-15H2,1-4H3,(H,29,30)/b6-5+/t17-,18-,21+,22-,23+,24+,26+,27-/m1/s1. The summed E-state index contributed by atoms with van der Waals surface area (Å²) in [5.41, 5.74) is 1.83. The fraction of sp³-hybridized carbons (Fsp3) is 0.704. The Labute approximate surface area is 181 Å². The van der Waals surface area contributed by atoms with Gasteiger partial charge in [-0.15, -0.1) is 0 Å². The highest BCUT2D eigenvalue weighted by molar-refractivity contribution is 6.01. The third-order valence-electron chi connectivity index (χ3n) is 9.50. The van der Waals surface area contributed by atoms with Crippen molar-refractivity contribution in [2.45, 2.75) is 72.6 Å². The maximum Gasteiger partial charge on any atom is 0.303 e. The molecule has 0 aliphatic heterocycles. The summed E-state index contributed by atoms with van der Waals surface area (Å²) in [7, 11) is 0. The largest absolute Gasteiger partial charge is 0.481 e. The lowest BCUT2D eigenvalue weighted by molar-refractivity contribution is -0.137. The second kappa shape index (κ2) is 7.80. The van der Waals surface area contributed by atoms with E-state index in [1.54, 1.807) is 0 Å². The second-order valence-electron chi connectivity index (χ2n) is 11.2. The number of allylic oxidation sites excluding steroid dienone is 6. The Hall–Kier alpha value is -1.64. The van der Waals surface area contributed by atoms with Crippen LogP contribution in [0.2, 0.25) is 0 Å². The number of carboxylic acids is 1. The molecule has 4 rings (SSSR count). The second-order valence-corrected chi connectivity index (χ2v) is 11.2. The van der Waals surface area contributed by atoms with Crippen LogP contribution in [-0.2, 0) is 9.59 Å². The number of carbonyl (C=O) groups excluding carboxylic acids is 1. The highest BCUT2D eigenvalue weighted by Gasteiger charge is 2.58. The third kappa shape index (κ3) is 3.52. The van der Waals surface area contributed by atoms with E-state index in [0.29, 0.717) is 23.2 Å². The molecule has 0 aromatic rings. The molecule has 0 spiro atoms. The topological polar surface area (TPSA) is 54.4 Å². The molecule has 164 valence electrons. The average molecular weight is 411 g/mol. The van der Waals surface area contributed by atoms with Gasteiger partial charge in [-0.3, -0.25) is 9.59 Å². The summed E-state index contributed by atoms with van der Waals surface area (Å²) in [5.74, 6) is 2.92. The maximum atomic E-state index is 11.9. The summed E-state index contributed by atoms with van der Waals surface area (Å²) in [4.78, 5) is 22.9. The van der Waals surface area contributed by atoms with Crippen LogP contribution in [0.1, 0.15) is 72.6 Å². The van der Waals surface area contributed by atoms with Gasteiger partial charge in [0, 0.05) is 5.41 Å². The molecule has 0 unspecified atom stereocenters.